The van der Waals surface area contributed by atoms with Crippen LogP contribution in [0.15, 0.2) is 43.0 Å². The summed E-state index contributed by atoms with van der Waals surface area (Å²) in [6.07, 6.45) is 4.99. The molecule has 7 heteroatoms. The summed E-state index contributed by atoms with van der Waals surface area (Å²) in [5.41, 5.74) is 1.19. The van der Waals surface area contributed by atoms with Gasteiger partial charge in [-0.05, 0) is 44.2 Å². The molecular weight excluding hydrogens is 366 g/mol. The van der Waals surface area contributed by atoms with Gasteiger partial charge in [0.25, 0.3) is 5.91 Å². The van der Waals surface area contributed by atoms with Gasteiger partial charge in [-0.25, -0.2) is 4.98 Å². The topological polar surface area (TPSA) is 80.1 Å². The number of aromatic nitrogens is 3. The van der Waals surface area contributed by atoms with E-state index < -0.39 is 0 Å². The van der Waals surface area contributed by atoms with E-state index in [4.69, 9.17) is 0 Å². The van der Waals surface area contributed by atoms with Crippen LogP contribution in [0.4, 0.5) is 0 Å². The van der Waals surface area contributed by atoms with Crippen molar-refractivity contribution in [3.63, 3.8) is 0 Å². The van der Waals surface area contributed by atoms with E-state index in [1.807, 2.05) is 30.0 Å². The maximum atomic E-state index is 13.2. The number of aryl methyl sites for hydroxylation is 2. The Bertz CT molecular complexity index is 842. The Balaban J connectivity index is 1.84. The minimum absolute atomic E-state index is 0.0192. The SMILES string of the molecule is C=CC(=O)NCC(Cc1ccccc1)C1CCCCN1C(=O)c1nc(C)n(C)n1. The van der Waals surface area contributed by atoms with Crippen molar-refractivity contribution in [1.29, 1.82) is 0 Å². The smallest absolute Gasteiger partial charge is 0.293 e. The Morgan fingerprint density at radius 1 is 1.31 bits per heavy atom. The van der Waals surface area contributed by atoms with Gasteiger partial charge in [0.05, 0.1) is 0 Å². The molecule has 2 aromatic rings. The first kappa shape index (κ1) is 20.8. The van der Waals surface area contributed by atoms with Crippen LogP contribution in [0.5, 0.6) is 0 Å². The molecule has 154 valence electrons. The monoisotopic (exact) mass is 395 g/mol. The molecule has 2 atom stereocenters. The number of nitrogens with zero attached hydrogens (tertiary/aromatic N) is 4. The lowest BCUT2D eigenvalue weighted by atomic mass is 9.85. The van der Waals surface area contributed by atoms with Gasteiger partial charge >= 0.3 is 0 Å². The average molecular weight is 396 g/mol. The molecular formula is C22H29N5O2. The molecule has 1 aromatic heterocycles. The molecule has 29 heavy (non-hydrogen) atoms. The van der Waals surface area contributed by atoms with Crippen molar-refractivity contribution in [2.24, 2.45) is 13.0 Å². The molecule has 0 aliphatic carbocycles. The number of nitrogens with one attached hydrogen (secondary N) is 1. The van der Waals surface area contributed by atoms with Crippen molar-refractivity contribution in [3.05, 3.63) is 60.2 Å². The average Bonchev–Trinajstić information content (AvgIpc) is 3.09. The predicted molar refractivity (Wildman–Crippen MR) is 111 cm³/mol. The molecule has 2 unspecified atom stereocenters. The molecule has 7 nitrogen and oxygen atoms in total. The Morgan fingerprint density at radius 3 is 2.72 bits per heavy atom. The summed E-state index contributed by atoms with van der Waals surface area (Å²) < 4.78 is 1.62. The summed E-state index contributed by atoms with van der Waals surface area (Å²) in [6, 6.07) is 10.2. The first-order valence-corrected chi connectivity index (χ1v) is 10.1. The fraction of sp³-hybridized carbons (Fsp3) is 0.455. The molecule has 1 saturated heterocycles. The van der Waals surface area contributed by atoms with Crippen molar-refractivity contribution >= 4 is 11.8 Å². The van der Waals surface area contributed by atoms with E-state index in [2.05, 4.69) is 34.1 Å². The minimum Gasteiger partial charge on any atom is -0.352 e. The molecule has 0 bridgehead atoms. The summed E-state index contributed by atoms with van der Waals surface area (Å²) in [5, 5.41) is 7.21. The summed E-state index contributed by atoms with van der Waals surface area (Å²) in [6.45, 7) is 6.54. The number of rotatable bonds is 7. The lowest BCUT2D eigenvalue weighted by Gasteiger charge is -2.40. The lowest BCUT2D eigenvalue weighted by Crippen LogP contribution is -2.51. The number of piperidine rings is 1. The zero-order chi connectivity index (χ0) is 20.8. The number of hydrogen-bond acceptors (Lipinski definition) is 4. The minimum atomic E-state index is -0.196. The molecule has 0 radical (unpaired) electrons. The molecule has 1 fully saturated rings. The molecule has 2 heterocycles. The zero-order valence-electron chi connectivity index (χ0n) is 17.2. The van der Waals surface area contributed by atoms with Crippen molar-refractivity contribution in [2.75, 3.05) is 13.1 Å². The van der Waals surface area contributed by atoms with E-state index in [1.165, 1.54) is 11.6 Å². The van der Waals surface area contributed by atoms with E-state index >= 15 is 0 Å². The van der Waals surface area contributed by atoms with Crippen molar-refractivity contribution in [3.8, 4) is 0 Å². The third kappa shape index (κ3) is 5.10. The van der Waals surface area contributed by atoms with Crippen LogP contribution in [0.25, 0.3) is 0 Å². The Labute approximate surface area is 171 Å². The number of benzene rings is 1. The molecule has 0 spiro atoms. The molecule has 1 aromatic carbocycles. The molecule has 2 amide bonds. The third-order valence-corrected chi connectivity index (χ3v) is 5.59. The van der Waals surface area contributed by atoms with E-state index in [9.17, 15) is 9.59 Å². The van der Waals surface area contributed by atoms with E-state index in [-0.39, 0.29) is 29.6 Å². The molecule has 1 aliphatic heterocycles. The van der Waals surface area contributed by atoms with Crippen LogP contribution in [0, 0.1) is 12.8 Å². The second-order valence-electron chi connectivity index (χ2n) is 7.57. The number of amides is 2. The predicted octanol–water partition coefficient (Wildman–Crippen LogP) is 2.28. The van der Waals surface area contributed by atoms with Gasteiger partial charge in [0.1, 0.15) is 5.82 Å². The Kier molecular flexibility index (Phi) is 6.80. The zero-order valence-corrected chi connectivity index (χ0v) is 17.2. The van der Waals surface area contributed by atoms with Crippen LogP contribution >= 0.6 is 0 Å². The number of carbonyl (C=O) groups excluding carboxylic acids is 2. The fourth-order valence-electron chi connectivity index (χ4n) is 3.95. The quantitative estimate of drug-likeness (QED) is 0.730. The second kappa shape index (κ2) is 9.49. The van der Waals surface area contributed by atoms with Crippen LogP contribution in [0.3, 0.4) is 0 Å². The Hall–Kier alpha value is -2.96. The summed E-state index contributed by atoms with van der Waals surface area (Å²) in [4.78, 5) is 31.2. The van der Waals surface area contributed by atoms with Gasteiger partial charge in [0, 0.05) is 32.1 Å². The first-order chi connectivity index (χ1) is 14.0. The summed E-state index contributed by atoms with van der Waals surface area (Å²) in [5.74, 6) is 0.715. The maximum absolute atomic E-state index is 13.2. The normalized spacial score (nSPS) is 17.6. The molecule has 1 N–H and O–H groups in total. The number of hydrogen-bond donors (Lipinski definition) is 1. The largest absolute Gasteiger partial charge is 0.352 e. The molecule has 0 saturated carbocycles. The highest BCUT2D eigenvalue weighted by Crippen LogP contribution is 2.27. The standard InChI is InChI=1S/C22H29N5O2/c1-4-20(28)23-15-18(14-17-10-6-5-7-11-17)19-12-8-9-13-27(19)22(29)21-24-16(2)26(3)25-21/h4-7,10-11,18-19H,1,8-9,12-15H2,2-3H3,(H,23,28). The lowest BCUT2D eigenvalue weighted by molar-refractivity contribution is -0.116. The van der Waals surface area contributed by atoms with Gasteiger partial charge in [0.15, 0.2) is 0 Å². The molecule has 1 aliphatic rings. The first-order valence-electron chi connectivity index (χ1n) is 10.1. The van der Waals surface area contributed by atoms with E-state index in [0.717, 1.165) is 25.7 Å². The fourth-order valence-corrected chi connectivity index (χ4v) is 3.95. The van der Waals surface area contributed by atoms with Crippen LogP contribution < -0.4 is 5.32 Å². The van der Waals surface area contributed by atoms with Gasteiger partial charge in [0.2, 0.25) is 11.7 Å². The van der Waals surface area contributed by atoms with Gasteiger partial charge in [-0.1, -0.05) is 36.9 Å². The Morgan fingerprint density at radius 2 is 2.07 bits per heavy atom. The number of carbonyl (C=O) groups is 2. The van der Waals surface area contributed by atoms with Gasteiger partial charge in [-0.3, -0.25) is 14.3 Å². The van der Waals surface area contributed by atoms with Gasteiger partial charge in [-0.15, -0.1) is 5.10 Å². The summed E-state index contributed by atoms with van der Waals surface area (Å²) in [7, 11) is 1.79. The van der Waals surface area contributed by atoms with Crippen molar-refractivity contribution in [1.82, 2.24) is 25.0 Å². The van der Waals surface area contributed by atoms with Crippen LogP contribution in [0.1, 0.15) is 41.3 Å². The van der Waals surface area contributed by atoms with Crippen molar-refractivity contribution < 1.29 is 9.59 Å². The van der Waals surface area contributed by atoms with Crippen LogP contribution in [0.2, 0.25) is 0 Å². The van der Waals surface area contributed by atoms with Crippen molar-refractivity contribution in [2.45, 2.75) is 38.6 Å². The van der Waals surface area contributed by atoms with Gasteiger partial charge in [-0.2, -0.15) is 0 Å². The van der Waals surface area contributed by atoms with E-state index in [1.54, 1.807) is 11.7 Å². The highest BCUT2D eigenvalue weighted by molar-refractivity contribution is 5.90. The maximum Gasteiger partial charge on any atom is 0.293 e. The second-order valence-corrected chi connectivity index (χ2v) is 7.57. The van der Waals surface area contributed by atoms with E-state index in [0.29, 0.717) is 18.9 Å². The van der Waals surface area contributed by atoms with Crippen LogP contribution in [-0.4, -0.2) is 50.6 Å². The highest BCUT2D eigenvalue weighted by Gasteiger charge is 2.35. The summed E-state index contributed by atoms with van der Waals surface area (Å²) >= 11 is 0. The van der Waals surface area contributed by atoms with Gasteiger partial charge < -0.3 is 10.2 Å². The molecule has 3 rings (SSSR count). The highest BCUT2D eigenvalue weighted by atomic mass is 16.2. The number of likely N-dealkylation sites (tertiary alicyclic amines) is 1. The van der Waals surface area contributed by atoms with Crippen LogP contribution in [-0.2, 0) is 18.3 Å². The third-order valence-electron chi connectivity index (χ3n) is 5.59.